The Hall–Kier alpha value is -3.41. The van der Waals surface area contributed by atoms with Crippen molar-refractivity contribution in [3.05, 3.63) is 85.1 Å². The highest BCUT2D eigenvalue weighted by molar-refractivity contribution is 5.71. The van der Waals surface area contributed by atoms with Crippen LogP contribution in [0.3, 0.4) is 0 Å². The van der Waals surface area contributed by atoms with Gasteiger partial charge < -0.3 is 14.2 Å². The molecule has 0 aliphatic carbocycles. The van der Waals surface area contributed by atoms with Crippen LogP contribution in [0.15, 0.2) is 85.1 Å². The molecule has 1 unspecified atom stereocenters. The summed E-state index contributed by atoms with van der Waals surface area (Å²) >= 11 is 0. The summed E-state index contributed by atoms with van der Waals surface area (Å²) in [6.07, 6.45) is 89.3. The number of allylic oxidation sites excluding steroid dienone is 14. The van der Waals surface area contributed by atoms with Crippen molar-refractivity contribution in [1.29, 1.82) is 0 Å². The molecule has 0 aromatic rings. The summed E-state index contributed by atoms with van der Waals surface area (Å²) in [5.74, 6) is -0.990. The number of hydrogen-bond acceptors (Lipinski definition) is 6. The Balaban J connectivity index is 4.20. The second-order valence-corrected chi connectivity index (χ2v) is 22.7. The van der Waals surface area contributed by atoms with E-state index >= 15 is 0 Å². The van der Waals surface area contributed by atoms with Crippen molar-refractivity contribution in [2.75, 3.05) is 13.2 Å². The van der Waals surface area contributed by atoms with Crippen LogP contribution in [-0.2, 0) is 28.6 Å². The predicted octanol–water partition coefficient (Wildman–Crippen LogP) is 23.4. The molecule has 0 aliphatic heterocycles. The van der Waals surface area contributed by atoms with Crippen molar-refractivity contribution >= 4 is 17.9 Å². The van der Waals surface area contributed by atoms with E-state index in [2.05, 4.69) is 99.8 Å². The van der Waals surface area contributed by atoms with Gasteiger partial charge in [0.2, 0.25) is 0 Å². The quantitative estimate of drug-likeness (QED) is 0.0261. The van der Waals surface area contributed by atoms with Gasteiger partial charge in [-0.3, -0.25) is 14.4 Å². The van der Waals surface area contributed by atoms with Crippen molar-refractivity contribution < 1.29 is 28.6 Å². The van der Waals surface area contributed by atoms with Gasteiger partial charge in [0, 0.05) is 19.3 Å². The number of rotatable bonds is 62. The van der Waals surface area contributed by atoms with Gasteiger partial charge in [-0.05, 0) is 77.0 Å². The smallest absolute Gasteiger partial charge is 0.306 e. The molecule has 0 heterocycles. The van der Waals surface area contributed by atoms with E-state index in [0.29, 0.717) is 19.3 Å². The molecule has 456 valence electrons. The van der Waals surface area contributed by atoms with Crippen molar-refractivity contribution in [2.24, 2.45) is 0 Å². The minimum Gasteiger partial charge on any atom is -0.462 e. The third-order valence-corrected chi connectivity index (χ3v) is 14.9. The van der Waals surface area contributed by atoms with Crippen LogP contribution in [0.1, 0.15) is 342 Å². The average Bonchev–Trinajstić information content (AvgIpc) is 3.45. The molecule has 0 saturated carbocycles. The van der Waals surface area contributed by atoms with Crippen LogP contribution >= 0.6 is 0 Å². The molecule has 0 amide bonds. The van der Waals surface area contributed by atoms with Gasteiger partial charge in [0.1, 0.15) is 13.2 Å². The SMILES string of the molecule is CC/C=C\C/C=C\C/C=C\C/C=C\C/C=C\C/C=C\CCC(=O)OC(COC(=O)CCCCCCC/C=C\CCCC)COC(=O)CCCCCCCCCCCCCCCCCCCCCCCCCCCCCCCCC. The van der Waals surface area contributed by atoms with E-state index in [1.807, 2.05) is 6.08 Å². The summed E-state index contributed by atoms with van der Waals surface area (Å²) < 4.78 is 16.8. The minimum absolute atomic E-state index is 0.107. The maximum Gasteiger partial charge on any atom is 0.306 e. The molecule has 0 N–H and O–H groups in total. The lowest BCUT2D eigenvalue weighted by atomic mass is 10.0. The topological polar surface area (TPSA) is 78.9 Å². The van der Waals surface area contributed by atoms with E-state index in [-0.39, 0.29) is 31.6 Å². The zero-order valence-electron chi connectivity index (χ0n) is 52.4. The van der Waals surface area contributed by atoms with E-state index in [1.54, 1.807) is 0 Å². The monoisotopic (exact) mass is 1100 g/mol. The molecule has 0 aromatic carbocycles. The van der Waals surface area contributed by atoms with Gasteiger partial charge >= 0.3 is 17.9 Å². The molecule has 0 radical (unpaired) electrons. The molecule has 0 fully saturated rings. The zero-order valence-corrected chi connectivity index (χ0v) is 52.4. The number of carbonyl (C=O) groups is 3. The van der Waals surface area contributed by atoms with Crippen LogP contribution < -0.4 is 0 Å². The highest BCUT2D eigenvalue weighted by atomic mass is 16.6. The van der Waals surface area contributed by atoms with Crippen molar-refractivity contribution in [3.63, 3.8) is 0 Å². The number of carbonyl (C=O) groups excluding carboxylic acids is 3. The maximum absolute atomic E-state index is 12.9. The number of unbranched alkanes of at least 4 members (excludes halogenated alkanes) is 37. The lowest BCUT2D eigenvalue weighted by molar-refractivity contribution is -0.166. The van der Waals surface area contributed by atoms with Crippen molar-refractivity contribution in [3.8, 4) is 0 Å². The zero-order chi connectivity index (χ0) is 57.1. The summed E-state index contributed by atoms with van der Waals surface area (Å²) in [6.45, 7) is 6.46. The first-order valence-electron chi connectivity index (χ1n) is 34.1. The molecule has 0 bridgehead atoms. The molecule has 0 saturated heterocycles. The Bertz CT molecular complexity index is 1500. The lowest BCUT2D eigenvalue weighted by Crippen LogP contribution is -2.30. The van der Waals surface area contributed by atoms with Gasteiger partial charge in [-0.15, -0.1) is 0 Å². The van der Waals surface area contributed by atoms with E-state index in [4.69, 9.17) is 14.2 Å². The molecule has 0 spiro atoms. The lowest BCUT2D eigenvalue weighted by Gasteiger charge is -2.18. The summed E-state index contributed by atoms with van der Waals surface area (Å²) in [5, 5.41) is 0. The molecule has 1 atom stereocenters. The molecule has 6 nitrogen and oxygen atoms in total. The van der Waals surface area contributed by atoms with Crippen LogP contribution in [0.5, 0.6) is 0 Å². The molecule has 6 heteroatoms. The van der Waals surface area contributed by atoms with E-state index in [0.717, 1.165) is 89.9 Å². The van der Waals surface area contributed by atoms with E-state index in [1.165, 1.54) is 205 Å². The third-order valence-electron chi connectivity index (χ3n) is 14.9. The van der Waals surface area contributed by atoms with Crippen molar-refractivity contribution in [1.82, 2.24) is 0 Å². The fourth-order valence-electron chi connectivity index (χ4n) is 9.81. The summed E-state index contributed by atoms with van der Waals surface area (Å²) in [7, 11) is 0. The summed E-state index contributed by atoms with van der Waals surface area (Å²) in [4.78, 5) is 38.2. The molecular formula is C73H128O6. The number of hydrogen-bond donors (Lipinski definition) is 0. The Labute approximate surface area is 490 Å². The first kappa shape index (κ1) is 75.6. The molecule has 79 heavy (non-hydrogen) atoms. The summed E-state index contributed by atoms with van der Waals surface area (Å²) in [5.41, 5.74) is 0. The van der Waals surface area contributed by atoms with E-state index < -0.39 is 12.1 Å². The highest BCUT2D eigenvalue weighted by Gasteiger charge is 2.19. The predicted molar refractivity (Wildman–Crippen MR) is 344 cm³/mol. The van der Waals surface area contributed by atoms with E-state index in [9.17, 15) is 14.4 Å². The van der Waals surface area contributed by atoms with Gasteiger partial charge in [-0.1, -0.05) is 331 Å². The molecule has 0 aromatic heterocycles. The standard InChI is InChI=1S/C73H128O6/c1-4-7-10-13-16-19-22-24-26-28-30-31-32-33-34-35-36-37-38-39-40-41-43-44-46-48-51-54-57-60-63-66-72(75)78-69-70(68-77-71(74)65-62-59-56-53-50-21-18-15-12-9-6-3)79-73(76)67-64-61-58-55-52-49-47-45-42-29-27-25-23-20-17-14-11-8-5-2/h8,11,15,17-18,20,25,27,42,45,49,52,58,61,70H,4-7,9-10,12-14,16,19,21-24,26,28-41,43-44,46-48,50-51,53-57,59-60,62-69H2,1-3H3/b11-8-,18-15-,20-17-,27-25-,45-42-,52-49-,61-58-. The van der Waals surface area contributed by atoms with Crippen LogP contribution in [0.4, 0.5) is 0 Å². The van der Waals surface area contributed by atoms with Crippen LogP contribution in [0.25, 0.3) is 0 Å². The Kier molecular flexibility index (Phi) is 64.2. The Morgan fingerprint density at radius 3 is 0.861 bits per heavy atom. The Morgan fingerprint density at radius 2 is 0.532 bits per heavy atom. The minimum atomic E-state index is -0.820. The van der Waals surface area contributed by atoms with Crippen LogP contribution in [0.2, 0.25) is 0 Å². The largest absolute Gasteiger partial charge is 0.462 e. The molecular weight excluding hydrogens is 973 g/mol. The molecule has 0 rings (SSSR count). The van der Waals surface area contributed by atoms with Gasteiger partial charge in [0.15, 0.2) is 6.10 Å². The first-order valence-corrected chi connectivity index (χ1v) is 34.1. The average molecular weight is 1100 g/mol. The number of esters is 3. The van der Waals surface area contributed by atoms with Gasteiger partial charge in [0.25, 0.3) is 0 Å². The second-order valence-electron chi connectivity index (χ2n) is 22.7. The van der Waals surface area contributed by atoms with Crippen LogP contribution in [-0.4, -0.2) is 37.2 Å². The summed E-state index contributed by atoms with van der Waals surface area (Å²) in [6, 6.07) is 0. The van der Waals surface area contributed by atoms with Gasteiger partial charge in [-0.25, -0.2) is 0 Å². The van der Waals surface area contributed by atoms with Crippen LogP contribution in [0, 0.1) is 0 Å². The van der Waals surface area contributed by atoms with Crippen molar-refractivity contribution in [2.45, 2.75) is 348 Å². The van der Waals surface area contributed by atoms with Gasteiger partial charge in [-0.2, -0.15) is 0 Å². The fourth-order valence-corrected chi connectivity index (χ4v) is 9.81. The highest BCUT2D eigenvalue weighted by Crippen LogP contribution is 2.18. The Morgan fingerprint density at radius 1 is 0.266 bits per heavy atom. The molecule has 0 aliphatic rings. The maximum atomic E-state index is 12.9. The second kappa shape index (κ2) is 67.1. The normalized spacial score (nSPS) is 12.6. The van der Waals surface area contributed by atoms with Gasteiger partial charge in [0.05, 0.1) is 0 Å². The third kappa shape index (κ3) is 65.3. The first-order chi connectivity index (χ1) is 39.0. The fraction of sp³-hybridized carbons (Fsp3) is 0.767. The number of ether oxygens (including phenoxy) is 3.